The molecular formula is C16H28ClN3O. The zero-order valence-corrected chi connectivity index (χ0v) is 13.8. The summed E-state index contributed by atoms with van der Waals surface area (Å²) in [4.78, 5) is 7.01. The molecule has 0 aliphatic carbocycles. The largest absolute Gasteiger partial charge is 0.380 e. The summed E-state index contributed by atoms with van der Waals surface area (Å²) in [7, 11) is 0. The number of nitrogens with zero attached hydrogens (tertiary/aromatic N) is 2. The van der Waals surface area contributed by atoms with Crippen LogP contribution in [0.25, 0.3) is 0 Å². The van der Waals surface area contributed by atoms with E-state index in [1.807, 2.05) is 12.3 Å². The van der Waals surface area contributed by atoms with Crippen LogP contribution >= 0.6 is 12.4 Å². The first-order valence-electron chi connectivity index (χ1n) is 7.82. The highest BCUT2D eigenvalue weighted by molar-refractivity contribution is 5.85. The average Bonchev–Trinajstić information content (AvgIpc) is 2.76. The maximum Gasteiger partial charge on any atom is 0.0593 e. The number of pyridine rings is 1. The van der Waals surface area contributed by atoms with Crippen molar-refractivity contribution in [2.75, 3.05) is 32.8 Å². The van der Waals surface area contributed by atoms with Crippen molar-refractivity contribution >= 4 is 12.4 Å². The normalized spacial score (nSPS) is 19.0. The minimum atomic E-state index is 0. The molecule has 0 aromatic carbocycles. The number of ether oxygens (including phenoxy) is 1. The Bertz CT molecular complexity index is 356. The number of rotatable bonds is 7. The van der Waals surface area contributed by atoms with Crippen LogP contribution in [0.15, 0.2) is 24.4 Å². The Morgan fingerprint density at radius 1 is 1.33 bits per heavy atom. The summed E-state index contributed by atoms with van der Waals surface area (Å²) in [6, 6.07) is 6.80. The van der Waals surface area contributed by atoms with Gasteiger partial charge in [0.2, 0.25) is 0 Å². The molecule has 0 amide bonds. The Hall–Kier alpha value is -0.680. The smallest absolute Gasteiger partial charge is 0.0593 e. The first-order chi connectivity index (χ1) is 9.90. The van der Waals surface area contributed by atoms with E-state index in [1.165, 1.54) is 19.3 Å². The zero-order valence-electron chi connectivity index (χ0n) is 13.0. The van der Waals surface area contributed by atoms with Gasteiger partial charge in [-0.1, -0.05) is 6.07 Å². The lowest BCUT2D eigenvalue weighted by molar-refractivity contribution is 0.0851. The Morgan fingerprint density at radius 2 is 2.24 bits per heavy atom. The van der Waals surface area contributed by atoms with Gasteiger partial charge >= 0.3 is 0 Å². The summed E-state index contributed by atoms with van der Waals surface area (Å²) in [6.07, 6.45) is 5.63. The van der Waals surface area contributed by atoms with Gasteiger partial charge in [-0.05, 0) is 51.4 Å². The maximum atomic E-state index is 5.55. The number of nitrogens with one attached hydrogen (secondary N) is 1. The lowest BCUT2D eigenvalue weighted by Crippen LogP contribution is -2.38. The zero-order chi connectivity index (χ0) is 14.0. The van der Waals surface area contributed by atoms with Gasteiger partial charge in [0.1, 0.15) is 0 Å². The van der Waals surface area contributed by atoms with Crippen molar-refractivity contribution in [2.24, 2.45) is 0 Å². The molecule has 5 heteroatoms. The summed E-state index contributed by atoms with van der Waals surface area (Å²) >= 11 is 0. The van der Waals surface area contributed by atoms with Gasteiger partial charge in [-0.2, -0.15) is 0 Å². The van der Waals surface area contributed by atoms with E-state index in [9.17, 15) is 0 Å². The molecule has 1 aliphatic heterocycles. The van der Waals surface area contributed by atoms with E-state index in [0.717, 1.165) is 45.1 Å². The summed E-state index contributed by atoms with van der Waals surface area (Å²) in [5.74, 6) is 0. The molecule has 1 aliphatic rings. The van der Waals surface area contributed by atoms with E-state index in [1.54, 1.807) is 0 Å². The molecule has 1 aromatic rings. The molecule has 120 valence electrons. The first kappa shape index (κ1) is 18.4. The van der Waals surface area contributed by atoms with Gasteiger partial charge < -0.3 is 10.1 Å². The van der Waals surface area contributed by atoms with Crippen LogP contribution in [0.3, 0.4) is 0 Å². The number of aromatic nitrogens is 1. The molecule has 0 bridgehead atoms. The molecule has 2 rings (SSSR count). The van der Waals surface area contributed by atoms with Gasteiger partial charge in [0.15, 0.2) is 0 Å². The topological polar surface area (TPSA) is 37.4 Å². The SMILES string of the molecule is CCOCCN(Cc1ccccn1)C1CCCNCC1.Cl. The second-order valence-electron chi connectivity index (χ2n) is 5.32. The third kappa shape index (κ3) is 6.74. The van der Waals surface area contributed by atoms with Crippen LogP contribution in [0.2, 0.25) is 0 Å². The second-order valence-corrected chi connectivity index (χ2v) is 5.32. The van der Waals surface area contributed by atoms with Gasteiger partial charge in [0, 0.05) is 31.9 Å². The summed E-state index contributed by atoms with van der Waals surface area (Å²) in [5.41, 5.74) is 1.15. The van der Waals surface area contributed by atoms with Crippen LogP contribution in [-0.4, -0.2) is 48.8 Å². The molecule has 2 heterocycles. The standard InChI is InChI=1S/C16H27N3O.ClH/c1-2-20-13-12-19(14-15-6-3-4-10-18-15)16-7-5-9-17-11-8-16;/h3-4,6,10,16-17H,2,5,7-9,11-14H2,1H3;1H. The molecule has 1 N–H and O–H groups in total. The van der Waals surface area contributed by atoms with E-state index >= 15 is 0 Å². The maximum absolute atomic E-state index is 5.55. The molecule has 0 radical (unpaired) electrons. The van der Waals surface area contributed by atoms with E-state index in [0.29, 0.717) is 6.04 Å². The average molecular weight is 314 g/mol. The third-order valence-electron chi connectivity index (χ3n) is 3.88. The fourth-order valence-corrected chi connectivity index (χ4v) is 2.78. The van der Waals surface area contributed by atoms with Crippen molar-refractivity contribution in [3.8, 4) is 0 Å². The number of hydrogen-bond donors (Lipinski definition) is 1. The molecule has 4 nitrogen and oxygen atoms in total. The van der Waals surface area contributed by atoms with Gasteiger partial charge in [-0.15, -0.1) is 12.4 Å². The lowest BCUT2D eigenvalue weighted by atomic mass is 10.1. The van der Waals surface area contributed by atoms with E-state index in [-0.39, 0.29) is 12.4 Å². The van der Waals surface area contributed by atoms with Crippen molar-refractivity contribution in [3.05, 3.63) is 30.1 Å². The van der Waals surface area contributed by atoms with Crippen LogP contribution in [0.1, 0.15) is 31.9 Å². The Balaban J connectivity index is 0.00000220. The lowest BCUT2D eigenvalue weighted by Gasteiger charge is -2.30. The molecule has 1 unspecified atom stereocenters. The van der Waals surface area contributed by atoms with Crippen LogP contribution < -0.4 is 5.32 Å². The predicted octanol–water partition coefficient (Wildman–Crippen LogP) is 2.48. The highest BCUT2D eigenvalue weighted by Crippen LogP contribution is 2.15. The monoisotopic (exact) mass is 313 g/mol. The molecule has 0 saturated carbocycles. The Kier molecular flexibility index (Phi) is 9.59. The summed E-state index contributed by atoms with van der Waals surface area (Å²) in [6.45, 7) is 7.86. The van der Waals surface area contributed by atoms with Crippen molar-refractivity contribution in [2.45, 2.75) is 38.8 Å². The van der Waals surface area contributed by atoms with Crippen LogP contribution in [0, 0.1) is 0 Å². The molecule has 1 atom stereocenters. The van der Waals surface area contributed by atoms with Gasteiger partial charge in [-0.3, -0.25) is 9.88 Å². The van der Waals surface area contributed by atoms with Crippen molar-refractivity contribution in [3.63, 3.8) is 0 Å². The molecule has 0 spiro atoms. The van der Waals surface area contributed by atoms with Crippen LogP contribution in [0.4, 0.5) is 0 Å². The van der Waals surface area contributed by atoms with Gasteiger partial charge in [-0.25, -0.2) is 0 Å². The second kappa shape index (κ2) is 11.0. The fourth-order valence-electron chi connectivity index (χ4n) is 2.78. The fraction of sp³-hybridized carbons (Fsp3) is 0.688. The molecular weight excluding hydrogens is 286 g/mol. The summed E-state index contributed by atoms with van der Waals surface area (Å²) < 4.78 is 5.55. The quantitative estimate of drug-likeness (QED) is 0.785. The highest BCUT2D eigenvalue weighted by Gasteiger charge is 2.20. The van der Waals surface area contributed by atoms with Crippen molar-refractivity contribution in [1.82, 2.24) is 15.2 Å². The van der Waals surface area contributed by atoms with E-state index in [4.69, 9.17) is 4.74 Å². The first-order valence-corrected chi connectivity index (χ1v) is 7.82. The number of halogens is 1. The Morgan fingerprint density at radius 3 is 3.00 bits per heavy atom. The minimum absolute atomic E-state index is 0. The van der Waals surface area contributed by atoms with Gasteiger partial charge in [0.25, 0.3) is 0 Å². The minimum Gasteiger partial charge on any atom is -0.380 e. The predicted molar refractivity (Wildman–Crippen MR) is 88.9 cm³/mol. The van der Waals surface area contributed by atoms with Crippen molar-refractivity contribution in [1.29, 1.82) is 0 Å². The molecule has 21 heavy (non-hydrogen) atoms. The van der Waals surface area contributed by atoms with Crippen molar-refractivity contribution < 1.29 is 4.74 Å². The Labute approximate surface area is 134 Å². The summed E-state index contributed by atoms with van der Waals surface area (Å²) in [5, 5.41) is 3.49. The van der Waals surface area contributed by atoms with E-state index < -0.39 is 0 Å². The van der Waals surface area contributed by atoms with Crippen LogP contribution in [0.5, 0.6) is 0 Å². The molecule has 1 saturated heterocycles. The van der Waals surface area contributed by atoms with E-state index in [2.05, 4.69) is 34.3 Å². The highest BCUT2D eigenvalue weighted by atomic mass is 35.5. The number of hydrogen-bond acceptors (Lipinski definition) is 4. The van der Waals surface area contributed by atoms with Crippen LogP contribution in [-0.2, 0) is 11.3 Å². The molecule has 1 aromatic heterocycles. The van der Waals surface area contributed by atoms with Gasteiger partial charge in [0.05, 0.1) is 12.3 Å². The third-order valence-corrected chi connectivity index (χ3v) is 3.88. The molecule has 1 fully saturated rings.